The van der Waals surface area contributed by atoms with Gasteiger partial charge in [0.15, 0.2) is 11.7 Å². The average molecular weight is 618 g/mol. The first-order valence-electron chi connectivity index (χ1n) is 16.0. The van der Waals surface area contributed by atoms with Gasteiger partial charge in [0.05, 0.1) is 12.1 Å². The van der Waals surface area contributed by atoms with Gasteiger partial charge in [-0.3, -0.25) is 4.99 Å². The second kappa shape index (κ2) is 12.8. The van der Waals surface area contributed by atoms with E-state index >= 15 is 0 Å². The van der Waals surface area contributed by atoms with Gasteiger partial charge in [-0.25, -0.2) is 9.98 Å². The molecule has 0 atom stereocenters. The number of furan rings is 1. The molecular weight excluding hydrogens is 587 g/mol. The van der Waals surface area contributed by atoms with E-state index in [2.05, 4.69) is 121 Å². The van der Waals surface area contributed by atoms with Crippen LogP contribution >= 0.6 is 0 Å². The summed E-state index contributed by atoms with van der Waals surface area (Å²) >= 11 is 0. The van der Waals surface area contributed by atoms with E-state index in [0.29, 0.717) is 18.2 Å². The van der Waals surface area contributed by atoms with Crippen LogP contribution in [0.15, 0.2) is 183 Å². The highest BCUT2D eigenvalue weighted by molar-refractivity contribution is 6.23. The molecule has 1 heterocycles. The van der Waals surface area contributed by atoms with Gasteiger partial charge >= 0.3 is 0 Å². The Balaban J connectivity index is 1.36. The summed E-state index contributed by atoms with van der Waals surface area (Å²) in [4.78, 5) is 14.5. The van der Waals surface area contributed by atoms with Crippen molar-refractivity contribution in [3.63, 3.8) is 0 Å². The number of hydrogen-bond donors (Lipinski definition) is 0. The highest BCUT2D eigenvalue weighted by atomic mass is 16.3. The van der Waals surface area contributed by atoms with Crippen LogP contribution in [0.2, 0.25) is 0 Å². The first-order chi connectivity index (χ1) is 23.7. The first-order valence-corrected chi connectivity index (χ1v) is 16.0. The minimum Gasteiger partial charge on any atom is -0.455 e. The molecule has 0 saturated carbocycles. The van der Waals surface area contributed by atoms with Crippen LogP contribution in [-0.4, -0.2) is 18.4 Å². The number of nitrogens with zero attached hydrogens (tertiary/aromatic N) is 3. The molecular formula is C44H31N3O. The zero-order chi connectivity index (χ0) is 32.3. The van der Waals surface area contributed by atoms with Gasteiger partial charge in [-0.05, 0) is 63.5 Å². The van der Waals surface area contributed by atoms with Gasteiger partial charge in [0.25, 0.3) is 0 Å². The van der Waals surface area contributed by atoms with Gasteiger partial charge in [0.2, 0.25) is 0 Å². The number of fused-ring (bicyclic) bond motifs is 4. The van der Waals surface area contributed by atoms with Gasteiger partial charge in [0.1, 0.15) is 11.2 Å². The maximum atomic E-state index is 6.80. The summed E-state index contributed by atoms with van der Waals surface area (Å²) in [5, 5.41) is 4.35. The van der Waals surface area contributed by atoms with Crippen LogP contribution in [0.5, 0.6) is 0 Å². The fraction of sp³-hybridized carbons (Fsp3) is 0.0227. The SMILES string of the molecule is C=NC(=NC(=NCc1ccccc1)c1ccc(-c2ccc(-c3ccccc3)cc2)c2c1oc1cc3ccccc3cc12)c1ccccc1. The van der Waals surface area contributed by atoms with Gasteiger partial charge in [-0.15, -0.1) is 0 Å². The summed E-state index contributed by atoms with van der Waals surface area (Å²) in [5.41, 5.74) is 8.83. The van der Waals surface area contributed by atoms with Crippen molar-refractivity contribution in [2.45, 2.75) is 6.54 Å². The Morgan fingerprint density at radius 1 is 0.562 bits per heavy atom. The van der Waals surface area contributed by atoms with E-state index in [1.807, 2.05) is 54.6 Å². The van der Waals surface area contributed by atoms with Crippen LogP contribution < -0.4 is 0 Å². The number of hydrogen-bond acceptors (Lipinski definition) is 2. The Kier molecular flexibility index (Phi) is 7.73. The molecule has 48 heavy (non-hydrogen) atoms. The Morgan fingerprint density at radius 2 is 1.17 bits per heavy atom. The molecule has 0 bridgehead atoms. The maximum absolute atomic E-state index is 6.80. The van der Waals surface area contributed by atoms with Crippen molar-refractivity contribution < 1.29 is 4.42 Å². The topological polar surface area (TPSA) is 50.2 Å². The van der Waals surface area contributed by atoms with Crippen molar-refractivity contribution in [2.75, 3.05) is 0 Å². The summed E-state index contributed by atoms with van der Waals surface area (Å²) in [6, 6.07) is 56.2. The second-order valence-corrected chi connectivity index (χ2v) is 11.7. The summed E-state index contributed by atoms with van der Waals surface area (Å²) in [6.45, 7) is 4.31. The molecule has 0 fully saturated rings. The molecule has 0 aliphatic carbocycles. The monoisotopic (exact) mass is 617 g/mol. The molecule has 0 aliphatic rings. The van der Waals surface area contributed by atoms with Crippen molar-refractivity contribution in [3.05, 3.63) is 180 Å². The lowest BCUT2D eigenvalue weighted by Gasteiger charge is -2.10. The Bertz CT molecular complexity index is 2460. The van der Waals surface area contributed by atoms with Crippen molar-refractivity contribution >= 4 is 51.1 Å². The fourth-order valence-corrected chi connectivity index (χ4v) is 6.26. The normalized spacial score (nSPS) is 12.2. The third-order valence-corrected chi connectivity index (χ3v) is 8.68. The highest BCUT2D eigenvalue weighted by Crippen LogP contribution is 2.41. The van der Waals surface area contributed by atoms with E-state index in [0.717, 1.165) is 60.5 Å². The molecule has 0 aliphatic heterocycles. The molecule has 0 unspecified atom stereocenters. The van der Waals surface area contributed by atoms with E-state index in [-0.39, 0.29) is 0 Å². The van der Waals surface area contributed by atoms with E-state index in [1.165, 1.54) is 11.1 Å². The number of amidine groups is 2. The molecule has 8 rings (SSSR count). The van der Waals surface area contributed by atoms with Crippen molar-refractivity contribution in [2.24, 2.45) is 15.0 Å². The van der Waals surface area contributed by atoms with E-state index in [9.17, 15) is 0 Å². The predicted molar refractivity (Wildman–Crippen MR) is 201 cm³/mol. The molecule has 0 spiro atoms. The molecule has 0 amide bonds. The van der Waals surface area contributed by atoms with Gasteiger partial charge in [-0.1, -0.05) is 146 Å². The largest absolute Gasteiger partial charge is 0.455 e. The minimum atomic E-state index is 0.452. The number of benzene rings is 7. The fourth-order valence-electron chi connectivity index (χ4n) is 6.26. The van der Waals surface area contributed by atoms with Crippen LogP contribution in [0.1, 0.15) is 16.7 Å². The Labute approximate surface area is 279 Å². The quantitative estimate of drug-likeness (QED) is 0.135. The molecule has 0 radical (unpaired) electrons. The number of aliphatic imine (C=N–C) groups is 3. The molecule has 4 nitrogen and oxygen atoms in total. The summed E-state index contributed by atoms with van der Waals surface area (Å²) in [5.74, 6) is 1.03. The molecule has 228 valence electrons. The van der Waals surface area contributed by atoms with Crippen molar-refractivity contribution in [1.82, 2.24) is 0 Å². The van der Waals surface area contributed by atoms with Gasteiger partial charge in [0, 0.05) is 16.3 Å². The van der Waals surface area contributed by atoms with E-state index in [4.69, 9.17) is 14.4 Å². The predicted octanol–water partition coefficient (Wildman–Crippen LogP) is 11.2. The Hall–Kier alpha value is -6.39. The van der Waals surface area contributed by atoms with Crippen LogP contribution in [0.3, 0.4) is 0 Å². The van der Waals surface area contributed by atoms with Crippen molar-refractivity contribution in [3.8, 4) is 22.3 Å². The van der Waals surface area contributed by atoms with Crippen molar-refractivity contribution in [1.29, 1.82) is 0 Å². The lowest BCUT2D eigenvalue weighted by atomic mass is 9.94. The van der Waals surface area contributed by atoms with Crippen LogP contribution in [0.4, 0.5) is 0 Å². The average Bonchev–Trinajstić information content (AvgIpc) is 3.53. The zero-order valence-corrected chi connectivity index (χ0v) is 26.3. The van der Waals surface area contributed by atoms with Crippen LogP contribution in [0, 0.1) is 0 Å². The lowest BCUT2D eigenvalue weighted by molar-refractivity contribution is 0.668. The third-order valence-electron chi connectivity index (χ3n) is 8.68. The molecule has 4 heteroatoms. The van der Waals surface area contributed by atoms with Gasteiger partial charge in [-0.2, -0.15) is 0 Å². The second-order valence-electron chi connectivity index (χ2n) is 11.7. The van der Waals surface area contributed by atoms with E-state index < -0.39 is 0 Å². The third kappa shape index (κ3) is 5.61. The maximum Gasteiger partial charge on any atom is 0.161 e. The van der Waals surface area contributed by atoms with Crippen LogP contribution in [-0.2, 0) is 6.54 Å². The lowest BCUT2D eigenvalue weighted by Crippen LogP contribution is -2.06. The molecule has 7 aromatic carbocycles. The zero-order valence-electron chi connectivity index (χ0n) is 26.3. The van der Waals surface area contributed by atoms with E-state index in [1.54, 1.807) is 0 Å². The molecule has 8 aromatic rings. The summed E-state index contributed by atoms with van der Waals surface area (Å²) in [7, 11) is 0. The summed E-state index contributed by atoms with van der Waals surface area (Å²) < 4.78 is 6.80. The summed E-state index contributed by atoms with van der Waals surface area (Å²) in [6.07, 6.45) is 0. The molecule has 1 aromatic heterocycles. The standard InChI is InChI=1S/C44H31N3O/c1-45-43(34-17-9-4-10-18-34)47-44(46-29-30-13-5-2-6-14-30)38-26-25-37(33-23-21-32(22-24-33)31-15-7-3-8-16-31)41-39-27-35-19-11-12-20-36(35)28-40(39)48-42(38)41/h2-28H,1,29H2. The van der Waals surface area contributed by atoms with Gasteiger partial charge < -0.3 is 4.42 Å². The smallest absolute Gasteiger partial charge is 0.161 e. The molecule has 0 saturated heterocycles. The first kappa shape index (κ1) is 29.0. The minimum absolute atomic E-state index is 0.452. The highest BCUT2D eigenvalue weighted by Gasteiger charge is 2.20. The molecule has 0 N–H and O–H groups in total. The Morgan fingerprint density at radius 3 is 1.88 bits per heavy atom. The van der Waals surface area contributed by atoms with Crippen LogP contribution in [0.25, 0.3) is 55.0 Å². The number of rotatable bonds is 6.